The van der Waals surface area contributed by atoms with Crippen molar-refractivity contribution in [1.29, 1.82) is 0 Å². The third kappa shape index (κ3) is 15.7. The quantitative estimate of drug-likeness (QED) is 0.152. The van der Waals surface area contributed by atoms with Crippen LogP contribution in [-0.4, -0.2) is 19.1 Å². The van der Waals surface area contributed by atoms with Gasteiger partial charge in [-0.25, -0.2) is 8.42 Å². The summed E-state index contributed by atoms with van der Waals surface area (Å²) in [6.07, 6.45) is 20.5. The number of benzene rings is 1. The average molecular weight is 649 g/mol. The molecule has 0 heterocycles. The van der Waals surface area contributed by atoms with Gasteiger partial charge in [0.05, 0.1) is 9.80 Å². The van der Waals surface area contributed by atoms with Crippen LogP contribution in [0, 0.1) is 6.92 Å². The van der Waals surface area contributed by atoms with E-state index in [9.17, 15) is 13.5 Å². The summed E-state index contributed by atoms with van der Waals surface area (Å²) in [7, 11) is -3.97. The molecule has 4 heteroatoms. The van der Waals surface area contributed by atoms with Gasteiger partial charge < -0.3 is 5.11 Å². The van der Waals surface area contributed by atoms with E-state index in [2.05, 4.69) is 98.8 Å². The molecular weight excluding hydrogens is 585 g/mol. The van der Waals surface area contributed by atoms with Crippen LogP contribution in [-0.2, 0) is 9.84 Å². The number of hydrogen-bond acceptors (Lipinski definition) is 3. The highest BCUT2D eigenvalue weighted by molar-refractivity contribution is 7.95. The Morgan fingerprint density at radius 3 is 1.37 bits per heavy atom. The molecule has 0 aliphatic rings. The predicted molar refractivity (Wildman–Crippen MR) is 202 cm³/mol. The Bertz CT molecular complexity index is 1430. The molecule has 0 aromatic heterocycles. The van der Waals surface area contributed by atoms with Gasteiger partial charge in [-0.15, -0.1) is 0 Å². The van der Waals surface area contributed by atoms with Gasteiger partial charge in [-0.3, -0.25) is 0 Å². The molecule has 0 saturated heterocycles. The lowest BCUT2D eigenvalue weighted by Gasteiger charge is -2.31. The van der Waals surface area contributed by atoms with Gasteiger partial charge >= 0.3 is 0 Å². The highest BCUT2D eigenvalue weighted by Crippen LogP contribution is 2.39. The van der Waals surface area contributed by atoms with Crippen molar-refractivity contribution < 1.29 is 13.5 Å². The van der Waals surface area contributed by atoms with Crippen LogP contribution in [0.25, 0.3) is 0 Å². The molecule has 0 fully saturated rings. The first-order chi connectivity index (χ1) is 21.5. The Morgan fingerprint density at radius 2 is 0.957 bits per heavy atom. The minimum absolute atomic E-state index is 0.151. The summed E-state index contributed by atoms with van der Waals surface area (Å²) in [6.45, 7) is 22.7. The molecule has 0 spiro atoms. The SMILES string of the molecule is CC(C)=CCCC(C)=CCCC(C)=CCC(O)(CC=C(C)CCC=C(C)C)C(=C(C)CCC=C(C)C)S(=O)(=O)c1ccc(C)cc1. The lowest BCUT2D eigenvalue weighted by molar-refractivity contribution is 0.0905. The Morgan fingerprint density at radius 1 is 0.587 bits per heavy atom. The summed E-state index contributed by atoms with van der Waals surface area (Å²) in [4.78, 5) is 0.380. The van der Waals surface area contributed by atoms with E-state index in [1.807, 2.05) is 26.0 Å². The first-order valence-electron chi connectivity index (χ1n) is 17.1. The van der Waals surface area contributed by atoms with E-state index in [4.69, 9.17) is 0 Å². The summed E-state index contributed by atoms with van der Waals surface area (Å²) in [5, 5.41) is 12.6. The van der Waals surface area contributed by atoms with Gasteiger partial charge in [-0.1, -0.05) is 93.2 Å². The van der Waals surface area contributed by atoms with Gasteiger partial charge in [0.1, 0.15) is 5.60 Å². The molecule has 0 aliphatic heterocycles. The average Bonchev–Trinajstić information content (AvgIpc) is 2.94. The molecule has 0 amide bonds. The van der Waals surface area contributed by atoms with Crippen LogP contribution >= 0.6 is 0 Å². The van der Waals surface area contributed by atoms with Crippen molar-refractivity contribution in [2.45, 2.75) is 151 Å². The van der Waals surface area contributed by atoms with E-state index in [1.165, 1.54) is 22.3 Å². The highest BCUT2D eigenvalue weighted by atomic mass is 32.2. The van der Waals surface area contributed by atoms with Crippen molar-refractivity contribution in [2.75, 3.05) is 0 Å². The fourth-order valence-corrected chi connectivity index (χ4v) is 7.34. The highest BCUT2D eigenvalue weighted by Gasteiger charge is 2.40. The monoisotopic (exact) mass is 648 g/mol. The number of sulfone groups is 1. The van der Waals surface area contributed by atoms with Gasteiger partial charge in [0.25, 0.3) is 0 Å². The Balaban J connectivity index is 3.59. The summed E-state index contributed by atoms with van der Waals surface area (Å²) in [5.74, 6) is 0. The lowest BCUT2D eigenvalue weighted by Crippen LogP contribution is -2.35. The van der Waals surface area contributed by atoms with Crippen LogP contribution in [0.4, 0.5) is 0 Å². The fraction of sp³-hybridized carbons (Fsp3) is 0.524. The van der Waals surface area contributed by atoms with Crippen molar-refractivity contribution in [3.63, 3.8) is 0 Å². The zero-order valence-corrected chi connectivity index (χ0v) is 31.8. The third-order valence-corrected chi connectivity index (χ3v) is 10.4. The van der Waals surface area contributed by atoms with Crippen LogP contribution < -0.4 is 0 Å². The van der Waals surface area contributed by atoms with Crippen molar-refractivity contribution >= 4 is 9.84 Å². The summed E-state index contributed by atoms with van der Waals surface area (Å²) >= 11 is 0. The van der Waals surface area contributed by atoms with Crippen molar-refractivity contribution in [3.8, 4) is 0 Å². The maximum Gasteiger partial charge on any atom is 0.205 e. The lowest BCUT2D eigenvalue weighted by atomic mass is 9.89. The number of rotatable bonds is 19. The molecule has 1 atom stereocenters. The van der Waals surface area contributed by atoms with Crippen LogP contribution in [0.5, 0.6) is 0 Å². The van der Waals surface area contributed by atoms with Crippen LogP contribution in [0.3, 0.4) is 0 Å². The molecule has 1 aromatic carbocycles. The molecule has 0 aliphatic carbocycles. The van der Waals surface area contributed by atoms with E-state index in [0.717, 1.165) is 67.2 Å². The first kappa shape index (κ1) is 41.3. The standard InChI is InChI=1S/C42H64O3S/c1-32(2)16-12-19-35(7)21-15-22-37(9)29-31-42(43,30-28-36(8)20-13-17-33(3)4)41(39(11)23-14-18-34(5)6)46(44,45)40-26-24-38(10)25-27-40/h16-18,21,24-29,43H,12-15,19-20,22-23,30-31H2,1-11H3. The maximum atomic E-state index is 14.4. The molecule has 1 N–H and O–H groups in total. The van der Waals surface area contributed by atoms with Gasteiger partial charge in [0.2, 0.25) is 9.84 Å². The van der Waals surface area contributed by atoms with Gasteiger partial charge in [0.15, 0.2) is 0 Å². The van der Waals surface area contributed by atoms with E-state index in [1.54, 1.807) is 12.1 Å². The summed E-state index contributed by atoms with van der Waals surface area (Å²) in [5.41, 5.74) is 7.66. The molecule has 256 valence electrons. The molecule has 0 radical (unpaired) electrons. The molecule has 1 unspecified atom stereocenters. The third-order valence-electron chi connectivity index (χ3n) is 8.27. The first-order valence-corrected chi connectivity index (χ1v) is 18.6. The Hall–Kier alpha value is -2.69. The van der Waals surface area contributed by atoms with E-state index in [0.29, 0.717) is 6.42 Å². The minimum atomic E-state index is -3.97. The smallest absolute Gasteiger partial charge is 0.205 e. The second-order valence-electron chi connectivity index (χ2n) is 14.0. The number of hydrogen-bond donors (Lipinski definition) is 1. The molecule has 3 nitrogen and oxygen atoms in total. The molecule has 46 heavy (non-hydrogen) atoms. The van der Waals surface area contributed by atoms with Crippen molar-refractivity contribution in [2.24, 2.45) is 0 Å². The molecule has 1 aromatic rings. The number of aryl methyl sites for hydroxylation is 1. The Kier molecular flexibility index (Phi) is 18.4. The molecule has 1 rings (SSSR count). The zero-order valence-electron chi connectivity index (χ0n) is 31.0. The zero-order chi connectivity index (χ0) is 34.9. The topological polar surface area (TPSA) is 54.4 Å². The predicted octanol–water partition coefficient (Wildman–Crippen LogP) is 12.4. The second kappa shape index (κ2) is 20.5. The normalized spacial score (nSPS) is 14.7. The minimum Gasteiger partial charge on any atom is -0.384 e. The van der Waals surface area contributed by atoms with Crippen LogP contribution in [0.15, 0.2) is 110 Å². The van der Waals surface area contributed by atoms with Crippen molar-refractivity contribution in [3.05, 3.63) is 110 Å². The van der Waals surface area contributed by atoms with E-state index in [-0.39, 0.29) is 22.6 Å². The van der Waals surface area contributed by atoms with Gasteiger partial charge in [-0.2, -0.15) is 0 Å². The summed E-state index contributed by atoms with van der Waals surface area (Å²) in [6, 6.07) is 6.99. The Labute approximate surface area is 283 Å². The second-order valence-corrected chi connectivity index (χ2v) is 15.9. The number of allylic oxidation sites excluding steroid dienone is 11. The molecular formula is C42H64O3S. The molecule has 0 bridgehead atoms. The van der Waals surface area contributed by atoms with Gasteiger partial charge in [-0.05, 0) is 153 Å². The van der Waals surface area contributed by atoms with E-state index < -0.39 is 15.4 Å². The maximum absolute atomic E-state index is 14.4. The largest absolute Gasteiger partial charge is 0.384 e. The fourth-order valence-electron chi connectivity index (χ4n) is 5.39. The van der Waals surface area contributed by atoms with E-state index >= 15 is 0 Å². The van der Waals surface area contributed by atoms with Crippen LogP contribution in [0.1, 0.15) is 139 Å². The van der Waals surface area contributed by atoms with Gasteiger partial charge in [0, 0.05) is 0 Å². The number of aliphatic hydroxyl groups is 1. The molecule has 0 saturated carbocycles. The van der Waals surface area contributed by atoms with Crippen LogP contribution in [0.2, 0.25) is 0 Å². The summed E-state index contributed by atoms with van der Waals surface area (Å²) < 4.78 is 28.9. The van der Waals surface area contributed by atoms with Crippen molar-refractivity contribution in [1.82, 2.24) is 0 Å².